The number of rotatable bonds is 4. The molecule has 0 aromatic heterocycles. The quantitative estimate of drug-likeness (QED) is 0.823. The highest BCUT2D eigenvalue weighted by molar-refractivity contribution is 8.13. The van der Waals surface area contributed by atoms with E-state index in [0.717, 1.165) is 24.2 Å². The first kappa shape index (κ1) is 13.5. The zero-order chi connectivity index (χ0) is 13.0. The van der Waals surface area contributed by atoms with Crippen LogP contribution in [0.2, 0.25) is 0 Å². The third kappa shape index (κ3) is 4.05. The van der Waals surface area contributed by atoms with Crippen molar-refractivity contribution in [2.45, 2.75) is 50.5 Å². The van der Waals surface area contributed by atoms with Gasteiger partial charge in [-0.25, -0.2) is 0 Å². The minimum absolute atomic E-state index is 0.0846. The second-order valence-electron chi connectivity index (χ2n) is 5.41. The molecule has 0 spiro atoms. The number of carbonyl (C=O) groups excluding carboxylic acids is 1. The molecule has 1 aliphatic carbocycles. The van der Waals surface area contributed by atoms with Crippen molar-refractivity contribution in [3.63, 3.8) is 0 Å². The molecule has 98 valence electrons. The van der Waals surface area contributed by atoms with E-state index in [1.165, 1.54) is 23.7 Å². The first-order valence-electron chi connectivity index (χ1n) is 6.71. The van der Waals surface area contributed by atoms with Gasteiger partial charge in [-0.05, 0) is 61.1 Å². The summed E-state index contributed by atoms with van der Waals surface area (Å²) in [6, 6.07) is 8.73. The van der Waals surface area contributed by atoms with Crippen molar-refractivity contribution in [3.05, 3.63) is 29.8 Å². The Morgan fingerprint density at radius 3 is 2.83 bits per heavy atom. The zero-order valence-corrected chi connectivity index (χ0v) is 11.9. The van der Waals surface area contributed by atoms with Crippen molar-refractivity contribution < 1.29 is 4.79 Å². The number of amides is 1. The smallest absolute Gasteiger partial charge is 0.284 e. The van der Waals surface area contributed by atoms with Crippen LogP contribution in [0, 0.1) is 5.92 Å². The Morgan fingerprint density at radius 2 is 2.22 bits per heavy atom. The van der Waals surface area contributed by atoms with Crippen molar-refractivity contribution in [2.24, 2.45) is 5.92 Å². The van der Waals surface area contributed by atoms with Crippen LogP contribution in [0.5, 0.6) is 0 Å². The minimum atomic E-state index is 0.0846. The van der Waals surface area contributed by atoms with Crippen LogP contribution in [0.1, 0.15) is 38.7 Å². The molecule has 1 amide bonds. The first-order chi connectivity index (χ1) is 8.63. The Bertz CT molecular complexity index is 413. The van der Waals surface area contributed by atoms with Gasteiger partial charge in [-0.2, -0.15) is 0 Å². The molecule has 2 nitrogen and oxygen atoms in total. The highest BCUT2D eigenvalue weighted by Crippen LogP contribution is 2.24. The predicted octanol–water partition coefficient (Wildman–Crippen LogP) is 4.24. The van der Waals surface area contributed by atoms with E-state index in [4.69, 9.17) is 0 Å². The molecule has 0 heterocycles. The molecule has 1 aromatic rings. The van der Waals surface area contributed by atoms with Crippen LogP contribution in [-0.4, -0.2) is 11.3 Å². The molecule has 0 bridgehead atoms. The SMILES string of the molecule is CC(C)Cc1cccc(SC(=O)NC2CCC2)c1. The van der Waals surface area contributed by atoms with Crippen LogP contribution >= 0.6 is 11.8 Å². The first-order valence-corrected chi connectivity index (χ1v) is 7.52. The maximum atomic E-state index is 11.8. The Hall–Kier alpha value is -0.960. The standard InChI is InChI=1S/C15H21NOS/c1-11(2)9-12-5-3-8-14(10-12)18-15(17)16-13-6-4-7-13/h3,5,8,10-11,13H,4,6-7,9H2,1-2H3,(H,16,17). The fourth-order valence-electron chi connectivity index (χ4n) is 2.06. The third-order valence-electron chi connectivity index (χ3n) is 3.18. The summed E-state index contributed by atoms with van der Waals surface area (Å²) in [6.45, 7) is 4.42. The van der Waals surface area contributed by atoms with Crippen LogP contribution in [0.15, 0.2) is 29.2 Å². The van der Waals surface area contributed by atoms with Crippen molar-refractivity contribution in [1.29, 1.82) is 0 Å². The molecule has 1 aliphatic rings. The lowest BCUT2D eigenvalue weighted by Crippen LogP contribution is -2.37. The summed E-state index contributed by atoms with van der Waals surface area (Å²) in [5.41, 5.74) is 1.31. The summed E-state index contributed by atoms with van der Waals surface area (Å²) >= 11 is 1.31. The van der Waals surface area contributed by atoms with E-state index in [9.17, 15) is 4.79 Å². The molecule has 0 atom stereocenters. The molecular weight excluding hydrogens is 242 g/mol. The molecule has 2 rings (SSSR count). The number of thioether (sulfide) groups is 1. The highest BCUT2D eigenvalue weighted by Gasteiger charge is 2.19. The van der Waals surface area contributed by atoms with Crippen molar-refractivity contribution >= 4 is 17.0 Å². The van der Waals surface area contributed by atoms with E-state index in [0.29, 0.717) is 12.0 Å². The van der Waals surface area contributed by atoms with Gasteiger partial charge in [0.2, 0.25) is 0 Å². The number of carbonyl (C=O) groups is 1. The van der Waals surface area contributed by atoms with Crippen LogP contribution in [0.3, 0.4) is 0 Å². The maximum Gasteiger partial charge on any atom is 0.284 e. The summed E-state index contributed by atoms with van der Waals surface area (Å²) in [5, 5.41) is 3.13. The molecule has 0 radical (unpaired) electrons. The average Bonchev–Trinajstić information content (AvgIpc) is 2.23. The number of hydrogen-bond acceptors (Lipinski definition) is 2. The highest BCUT2D eigenvalue weighted by atomic mass is 32.2. The summed E-state index contributed by atoms with van der Waals surface area (Å²) < 4.78 is 0. The van der Waals surface area contributed by atoms with Crippen LogP contribution in [0.4, 0.5) is 4.79 Å². The fourth-order valence-corrected chi connectivity index (χ4v) is 2.86. The molecule has 0 unspecified atom stereocenters. The summed E-state index contributed by atoms with van der Waals surface area (Å²) in [4.78, 5) is 12.8. The van der Waals surface area contributed by atoms with Gasteiger partial charge in [0.25, 0.3) is 5.24 Å². The minimum Gasteiger partial charge on any atom is -0.344 e. The summed E-state index contributed by atoms with van der Waals surface area (Å²) in [7, 11) is 0. The van der Waals surface area contributed by atoms with Crippen LogP contribution in [-0.2, 0) is 6.42 Å². The van der Waals surface area contributed by atoms with Crippen molar-refractivity contribution in [1.82, 2.24) is 5.32 Å². The van der Waals surface area contributed by atoms with Gasteiger partial charge < -0.3 is 5.32 Å². The second kappa shape index (κ2) is 6.28. The average molecular weight is 263 g/mol. The van der Waals surface area contributed by atoms with Gasteiger partial charge in [-0.1, -0.05) is 26.0 Å². The molecule has 1 saturated carbocycles. The van der Waals surface area contributed by atoms with Gasteiger partial charge in [-0.3, -0.25) is 4.79 Å². The Balaban J connectivity index is 1.89. The topological polar surface area (TPSA) is 29.1 Å². The molecule has 1 fully saturated rings. The zero-order valence-electron chi connectivity index (χ0n) is 11.1. The Labute approximate surface area is 114 Å². The lowest BCUT2D eigenvalue weighted by atomic mass is 9.94. The number of nitrogens with one attached hydrogen (secondary N) is 1. The van der Waals surface area contributed by atoms with Gasteiger partial charge >= 0.3 is 0 Å². The van der Waals surface area contributed by atoms with Crippen LogP contribution in [0.25, 0.3) is 0 Å². The number of benzene rings is 1. The van der Waals surface area contributed by atoms with Gasteiger partial charge in [0, 0.05) is 10.9 Å². The van der Waals surface area contributed by atoms with E-state index >= 15 is 0 Å². The largest absolute Gasteiger partial charge is 0.344 e. The van der Waals surface area contributed by atoms with Crippen LogP contribution < -0.4 is 5.32 Å². The van der Waals surface area contributed by atoms with E-state index in [1.54, 1.807) is 0 Å². The van der Waals surface area contributed by atoms with Crippen molar-refractivity contribution in [2.75, 3.05) is 0 Å². The third-order valence-corrected chi connectivity index (χ3v) is 3.97. The van der Waals surface area contributed by atoms with E-state index < -0.39 is 0 Å². The Kier molecular flexibility index (Phi) is 4.70. The summed E-state index contributed by atoms with van der Waals surface area (Å²) in [5.74, 6) is 0.647. The molecule has 0 saturated heterocycles. The normalized spacial score (nSPS) is 15.5. The molecule has 18 heavy (non-hydrogen) atoms. The van der Waals surface area contributed by atoms with E-state index in [1.807, 2.05) is 12.1 Å². The molecule has 3 heteroatoms. The fraction of sp³-hybridized carbons (Fsp3) is 0.533. The molecule has 1 N–H and O–H groups in total. The van der Waals surface area contributed by atoms with Gasteiger partial charge in [0.05, 0.1) is 0 Å². The van der Waals surface area contributed by atoms with Crippen molar-refractivity contribution in [3.8, 4) is 0 Å². The molecular formula is C15H21NOS. The predicted molar refractivity (Wildman–Crippen MR) is 77.0 cm³/mol. The Morgan fingerprint density at radius 1 is 1.44 bits per heavy atom. The lowest BCUT2D eigenvalue weighted by molar-refractivity contribution is 0.249. The summed E-state index contributed by atoms with van der Waals surface area (Å²) in [6.07, 6.45) is 4.59. The molecule has 0 aliphatic heterocycles. The second-order valence-corrected chi connectivity index (χ2v) is 6.45. The maximum absolute atomic E-state index is 11.8. The number of hydrogen-bond donors (Lipinski definition) is 1. The van der Waals surface area contributed by atoms with E-state index in [-0.39, 0.29) is 5.24 Å². The monoisotopic (exact) mass is 263 g/mol. The molecule has 1 aromatic carbocycles. The lowest BCUT2D eigenvalue weighted by Gasteiger charge is -2.25. The van der Waals surface area contributed by atoms with Gasteiger partial charge in [0.1, 0.15) is 0 Å². The van der Waals surface area contributed by atoms with E-state index in [2.05, 4.69) is 31.3 Å². The van der Waals surface area contributed by atoms with Gasteiger partial charge in [0.15, 0.2) is 0 Å². The van der Waals surface area contributed by atoms with Gasteiger partial charge in [-0.15, -0.1) is 0 Å².